The highest BCUT2D eigenvalue weighted by molar-refractivity contribution is 5.94. The third-order valence-corrected chi connectivity index (χ3v) is 2.92. The predicted octanol–water partition coefficient (Wildman–Crippen LogP) is 2.28. The maximum atomic E-state index is 5.82. The molecule has 0 spiro atoms. The summed E-state index contributed by atoms with van der Waals surface area (Å²) in [5.74, 6) is 0.793. The van der Waals surface area contributed by atoms with Gasteiger partial charge in [0.2, 0.25) is 0 Å². The summed E-state index contributed by atoms with van der Waals surface area (Å²) in [7, 11) is 1.55. The highest BCUT2D eigenvalue weighted by Crippen LogP contribution is 2.34. The van der Waals surface area contributed by atoms with Crippen molar-refractivity contribution in [1.82, 2.24) is 15.0 Å². The Balaban J connectivity index is 2.34. The fraction of sp³-hybridized carbons (Fsp3) is 0.0714. The number of nitrogens with zero attached hydrogens (tertiary/aromatic N) is 3. The third kappa shape index (κ3) is 1.85. The molecule has 1 aromatic carbocycles. The number of nitrogen functional groups attached to an aromatic ring is 1. The van der Waals surface area contributed by atoms with Gasteiger partial charge < -0.3 is 10.5 Å². The van der Waals surface area contributed by atoms with E-state index in [4.69, 9.17) is 10.5 Å². The number of hydrogen-bond donors (Lipinski definition) is 1. The molecule has 0 fully saturated rings. The standard InChI is InChI=1S/C14H12N4O/c1-19-13-12(17-8-18-14(13)15)10-6-2-4-9-5-3-7-16-11(9)10/h2-8H,1H3,(H2,15,17,18). The first kappa shape index (κ1) is 11.4. The van der Waals surface area contributed by atoms with E-state index >= 15 is 0 Å². The van der Waals surface area contributed by atoms with E-state index in [1.165, 1.54) is 6.33 Å². The smallest absolute Gasteiger partial charge is 0.187 e. The van der Waals surface area contributed by atoms with Crippen LogP contribution in [0.1, 0.15) is 0 Å². The average Bonchev–Trinajstić information content (AvgIpc) is 2.46. The van der Waals surface area contributed by atoms with E-state index in [-0.39, 0.29) is 0 Å². The molecule has 3 aromatic rings. The molecule has 0 amide bonds. The largest absolute Gasteiger partial charge is 0.491 e. The average molecular weight is 252 g/mol. The van der Waals surface area contributed by atoms with E-state index in [1.807, 2.05) is 30.3 Å². The number of fused-ring (bicyclic) bond motifs is 1. The fourth-order valence-electron chi connectivity index (χ4n) is 2.08. The maximum absolute atomic E-state index is 5.82. The molecule has 0 aliphatic rings. The molecule has 3 rings (SSSR count). The van der Waals surface area contributed by atoms with Gasteiger partial charge in [0.1, 0.15) is 12.0 Å². The molecule has 2 aromatic heterocycles. The number of pyridine rings is 1. The van der Waals surface area contributed by atoms with E-state index in [9.17, 15) is 0 Å². The Morgan fingerprint density at radius 1 is 1.05 bits per heavy atom. The van der Waals surface area contributed by atoms with Gasteiger partial charge in [0.15, 0.2) is 11.6 Å². The third-order valence-electron chi connectivity index (χ3n) is 2.92. The first-order chi connectivity index (χ1) is 9.31. The van der Waals surface area contributed by atoms with Gasteiger partial charge in [-0.1, -0.05) is 24.3 Å². The van der Waals surface area contributed by atoms with Gasteiger partial charge in [-0.15, -0.1) is 0 Å². The van der Waals surface area contributed by atoms with Crippen molar-refractivity contribution in [1.29, 1.82) is 0 Å². The van der Waals surface area contributed by atoms with E-state index in [1.54, 1.807) is 13.3 Å². The minimum absolute atomic E-state index is 0.320. The molecule has 0 bridgehead atoms. The normalized spacial score (nSPS) is 10.6. The Bertz CT molecular complexity index is 737. The van der Waals surface area contributed by atoms with Crippen LogP contribution in [0.25, 0.3) is 22.2 Å². The zero-order valence-corrected chi connectivity index (χ0v) is 10.4. The Labute approximate surface area is 110 Å². The summed E-state index contributed by atoms with van der Waals surface area (Å²) >= 11 is 0. The second kappa shape index (κ2) is 4.53. The molecule has 0 atom stereocenters. The van der Waals surface area contributed by atoms with Crippen LogP contribution in [0.4, 0.5) is 5.82 Å². The molecule has 0 saturated carbocycles. The van der Waals surface area contributed by atoms with Crippen molar-refractivity contribution in [3.8, 4) is 17.0 Å². The second-order valence-corrected chi connectivity index (χ2v) is 4.02. The number of rotatable bonds is 2. The Hall–Kier alpha value is -2.69. The van der Waals surface area contributed by atoms with Crippen molar-refractivity contribution in [3.05, 3.63) is 42.9 Å². The quantitative estimate of drug-likeness (QED) is 0.757. The molecule has 2 heterocycles. The van der Waals surface area contributed by atoms with Crippen LogP contribution in [0.3, 0.4) is 0 Å². The van der Waals surface area contributed by atoms with Gasteiger partial charge in [0.25, 0.3) is 0 Å². The van der Waals surface area contributed by atoms with Crippen LogP contribution in [0.2, 0.25) is 0 Å². The van der Waals surface area contributed by atoms with E-state index in [0.29, 0.717) is 17.3 Å². The van der Waals surface area contributed by atoms with Crippen LogP contribution in [0.5, 0.6) is 5.75 Å². The number of ether oxygens (including phenoxy) is 1. The van der Waals surface area contributed by atoms with Crippen molar-refractivity contribution < 1.29 is 4.74 Å². The van der Waals surface area contributed by atoms with Crippen molar-refractivity contribution in [3.63, 3.8) is 0 Å². The molecule has 0 aliphatic heterocycles. The molecule has 2 N–H and O–H groups in total. The maximum Gasteiger partial charge on any atom is 0.187 e. The lowest BCUT2D eigenvalue weighted by molar-refractivity contribution is 0.415. The summed E-state index contributed by atoms with van der Waals surface area (Å²) in [6.07, 6.45) is 3.18. The van der Waals surface area contributed by atoms with Gasteiger partial charge >= 0.3 is 0 Å². The number of aromatic nitrogens is 3. The number of hydrogen-bond acceptors (Lipinski definition) is 5. The molecular weight excluding hydrogens is 240 g/mol. The van der Waals surface area contributed by atoms with E-state index in [0.717, 1.165) is 16.5 Å². The number of anilines is 1. The van der Waals surface area contributed by atoms with Gasteiger partial charge in [-0.05, 0) is 6.07 Å². The van der Waals surface area contributed by atoms with E-state index < -0.39 is 0 Å². The molecule has 0 aliphatic carbocycles. The van der Waals surface area contributed by atoms with Crippen LogP contribution in [-0.4, -0.2) is 22.1 Å². The van der Waals surface area contributed by atoms with Crippen LogP contribution < -0.4 is 10.5 Å². The molecule has 0 unspecified atom stereocenters. The summed E-state index contributed by atoms with van der Waals surface area (Å²) < 4.78 is 5.30. The highest BCUT2D eigenvalue weighted by atomic mass is 16.5. The van der Waals surface area contributed by atoms with Crippen LogP contribution in [0.15, 0.2) is 42.9 Å². The van der Waals surface area contributed by atoms with Crippen LogP contribution in [0, 0.1) is 0 Å². The molecule has 94 valence electrons. The zero-order valence-electron chi connectivity index (χ0n) is 10.4. The van der Waals surface area contributed by atoms with Crippen LogP contribution >= 0.6 is 0 Å². The molecule has 5 nitrogen and oxygen atoms in total. The van der Waals surface area contributed by atoms with Gasteiger partial charge in [-0.25, -0.2) is 9.97 Å². The summed E-state index contributed by atoms with van der Waals surface area (Å²) in [4.78, 5) is 12.6. The van der Waals surface area contributed by atoms with Crippen molar-refractivity contribution in [2.75, 3.05) is 12.8 Å². The summed E-state index contributed by atoms with van der Waals surface area (Å²) in [6.45, 7) is 0. The lowest BCUT2D eigenvalue weighted by Gasteiger charge is -2.10. The number of methoxy groups -OCH3 is 1. The lowest BCUT2D eigenvalue weighted by Crippen LogP contribution is -2.00. The molecule has 0 saturated heterocycles. The molecule has 0 radical (unpaired) electrons. The number of nitrogens with two attached hydrogens (primary N) is 1. The highest BCUT2D eigenvalue weighted by Gasteiger charge is 2.14. The minimum Gasteiger partial charge on any atom is -0.491 e. The van der Waals surface area contributed by atoms with Crippen LogP contribution in [-0.2, 0) is 0 Å². The summed E-state index contributed by atoms with van der Waals surface area (Å²) in [5.41, 5.74) is 8.21. The topological polar surface area (TPSA) is 73.9 Å². The zero-order chi connectivity index (χ0) is 13.2. The minimum atomic E-state index is 0.320. The van der Waals surface area contributed by atoms with Crippen molar-refractivity contribution in [2.45, 2.75) is 0 Å². The Kier molecular flexibility index (Phi) is 2.72. The van der Waals surface area contributed by atoms with Crippen molar-refractivity contribution in [2.24, 2.45) is 0 Å². The first-order valence-corrected chi connectivity index (χ1v) is 5.80. The van der Waals surface area contributed by atoms with Gasteiger partial charge in [-0.3, -0.25) is 4.98 Å². The number of benzene rings is 1. The first-order valence-electron chi connectivity index (χ1n) is 5.80. The van der Waals surface area contributed by atoms with Gasteiger partial charge in [0.05, 0.1) is 12.6 Å². The molecular formula is C14H12N4O. The van der Waals surface area contributed by atoms with Crippen molar-refractivity contribution >= 4 is 16.7 Å². The molecule has 5 heteroatoms. The van der Waals surface area contributed by atoms with E-state index in [2.05, 4.69) is 15.0 Å². The monoisotopic (exact) mass is 252 g/mol. The molecule has 19 heavy (non-hydrogen) atoms. The van der Waals surface area contributed by atoms with Gasteiger partial charge in [0, 0.05) is 17.1 Å². The number of para-hydroxylation sites is 1. The lowest BCUT2D eigenvalue weighted by atomic mass is 10.1. The fourth-order valence-corrected chi connectivity index (χ4v) is 2.08. The predicted molar refractivity (Wildman–Crippen MR) is 73.7 cm³/mol. The van der Waals surface area contributed by atoms with Gasteiger partial charge in [-0.2, -0.15) is 0 Å². The Morgan fingerprint density at radius 2 is 1.89 bits per heavy atom. The summed E-state index contributed by atoms with van der Waals surface area (Å²) in [5, 5.41) is 1.04. The summed E-state index contributed by atoms with van der Waals surface area (Å²) in [6, 6.07) is 9.81. The Morgan fingerprint density at radius 3 is 2.74 bits per heavy atom. The second-order valence-electron chi connectivity index (χ2n) is 4.02. The SMILES string of the molecule is COc1c(N)ncnc1-c1cccc2cccnc12.